The third-order valence-electron chi connectivity index (χ3n) is 4.45. The molecule has 3 rings (SSSR count). The average Bonchev–Trinajstić information content (AvgIpc) is 2.68. The summed E-state index contributed by atoms with van der Waals surface area (Å²) in [4.78, 5) is 11.2. The van der Waals surface area contributed by atoms with Gasteiger partial charge < -0.3 is 10.5 Å². The summed E-state index contributed by atoms with van der Waals surface area (Å²) in [6, 6.07) is 11.0. The van der Waals surface area contributed by atoms with E-state index < -0.39 is 6.09 Å². The van der Waals surface area contributed by atoms with Gasteiger partial charge in [0, 0.05) is 11.0 Å². The number of primary amides is 1. The number of hydrogen-bond donors (Lipinski definition) is 1. The largest absolute Gasteiger partial charge is 0.441 e. The summed E-state index contributed by atoms with van der Waals surface area (Å²) in [5.41, 5.74) is 9.28. The van der Waals surface area contributed by atoms with Crippen molar-refractivity contribution < 1.29 is 13.9 Å². The van der Waals surface area contributed by atoms with E-state index in [1.165, 1.54) is 6.07 Å². The van der Waals surface area contributed by atoms with E-state index in [0.29, 0.717) is 5.56 Å². The highest BCUT2D eigenvalue weighted by atomic mass is 19.1. The molecule has 0 saturated heterocycles. The first-order valence-corrected chi connectivity index (χ1v) is 7.63. The van der Waals surface area contributed by atoms with Gasteiger partial charge in [0.2, 0.25) is 0 Å². The van der Waals surface area contributed by atoms with Gasteiger partial charge in [-0.2, -0.15) is 0 Å². The van der Waals surface area contributed by atoms with Crippen LogP contribution in [0, 0.1) is 18.2 Å². The molecule has 1 amide bonds. The van der Waals surface area contributed by atoms with Crippen molar-refractivity contribution in [3.63, 3.8) is 0 Å². The predicted molar refractivity (Wildman–Crippen MR) is 87.5 cm³/mol. The monoisotopic (exact) mass is 313 g/mol. The van der Waals surface area contributed by atoms with Gasteiger partial charge in [-0.1, -0.05) is 44.2 Å². The Morgan fingerprint density at radius 2 is 2.00 bits per heavy atom. The number of nitrogens with two attached hydrogens (primary N) is 1. The first-order valence-electron chi connectivity index (χ1n) is 7.63. The first kappa shape index (κ1) is 15.5. The molecule has 2 N–H and O–H groups in total. The molecule has 0 fully saturated rings. The highest BCUT2D eigenvalue weighted by Crippen LogP contribution is 2.48. The molecule has 0 aromatic heterocycles. The van der Waals surface area contributed by atoms with E-state index in [-0.39, 0.29) is 17.3 Å². The maximum Gasteiger partial charge on any atom is 0.405 e. The van der Waals surface area contributed by atoms with Crippen LogP contribution in [0.1, 0.15) is 36.6 Å². The topological polar surface area (TPSA) is 52.3 Å². The number of carbonyl (C=O) groups is 1. The molecule has 1 unspecified atom stereocenters. The van der Waals surface area contributed by atoms with Crippen molar-refractivity contribution in [2.45, 2.75) is 33.3 Å². The van der Waals surface area contributed by atoms with Crippen LogP contribution < -0.4 is 5.73 Å². The van der Waals surface area contributed by atoms with Gasteiger partial charge in [-0.15, -0.1) is 0 Å². The third kappa shape index (κ3) is 2.81. The summed E-state index contributed by atoms with van der Waals surface area (Å²) in [5.74, 6) is -0.229. The zero-order valence-corrected chi connectivity index (χ0v) is 13.5. The van der Waals surface area contributed by atoms with Gasteiger partial charge >= 0.3 is 6.09 Å². The SMILES string of the molecule is Cc1ccc(-c2ccc3c(c2)CC(C)(C)C3OC(N)=O)c(F)c1. The number of halogens is 1. The fourth-order valence-corrected chi connectivity index (χ4v) is 3.38. The van der Waals surface area contributed by atoms with Crippen LogP contribution in [0.5, 0.6) is 0 Å². The Bertz CT molecular complexity index is 783. The second-order valence-corrected chi connectivity index (χ2v) is 6.88. The molecular formula is C19H20FNO2. The Balaban J connectivity index is 2.03. The summed E-state index contributed by atoms with van der Waals surface area (Å²) in [7, 11) is 0. The van der Waals surface area contributed by atoms with Gasteiger partial charge in [0.25, 0.3) is 0 Å². The Hall–Kier alpha value is -2.36. The van der Waals surface area contributed by atoms with Crippen LogP contribution in [0.2, 0.25) is 0 Å². The number of rotatable bonds is 2. The molecule has 120 valence electrons. The average molecular weight is 313 g/mol. The van der Waals surface area contributed by atoms with Gasteiger partial charge in [0.05, 0.1) is 0 Å². The van der Waals surface area contributed by atoms with Crippen LogP contribution in [0.4, 0.5) is 9.18 Å². The summed E-state index contributed by atoms with van der Waals surface area (Å²) in [6.07, 6.45) is -0.391. The second-order valence-electron chi connectivity index (χ2n) is 6.88. The van der Waals surface area contributed by atoms with E-state index in [2.05, 4.69) is 0 Å². The Morgan fingerprint density at radius 3 is 2.65 bits per heavy atom. The number of benzene rings is 2. The predicted octanol–water partition coefficient (Wildman–Crippen LogP) is 4.52. The van der Waals surface area contributed by atoms with E-state index in [1.807, 2.05) is 45.0 Å². The molecule has 23 heavy (non-hydrogen) atoms. The minimum absolute atomic E-state index is 0.229. The number of ether oxygens (including phenoxy) is 1. The highest BCUT2D eigenvalue weighted by Gasteiger charge is 2.41. The Kier molecular flexibility index (Phi) is 3.63. The zero-order chi connectivity index (χ0) is 16.8. The van der Waals surface area contributed by atoms with Crippen molar-refractivity contribution in [2.75, 3.05) is 0 Å². The minimum atomic E-state index is -0.774. The summed E-state index contributed by atoms with van der Waals surface area (Å²) < 4.78 is 19.5. The molecular weight excluding hydrogens is 293 g/mol. The molecule has 2 aromatic rings. The van der Waals surface area contributed by atoms with Crippen molar-refractivity contribution in [2.24, 2.45) is 11.1 Å². The van der Waals surface area contributed by atoms with Crippen LogP contribution in [0.25, 0.3) is 11.1 Å². The number of hydrogen-bond acceptors (Lipinski definition) is 2. The van der Waals surface area contributed by atoms with Crippen molar-refractivity contribution in [1.82, 2.24) is 0 Å². The number of fused-ring (bicyclic) bond motifs is 1. The van der Waals surface area contributed by atoms with E-state index in [9.17, 15) is 9.18 Å². The Labute approximate surface area is 135 Å². The molecule has 2 aromatic carbocycles. The van der Waals surface area contributed by atoms with Crippen LogP contribution in [0.3, 0.4) is 0 Å². The molecule has 1 aliphatic rings. The molecule has 3 nitrogen and oxygen atoms in total. The van der Waals surface area contributed by atoms with Crippen LogP contribution in [0.15, 0.2) is 36.4 Å². The maximum absolute atomic E-state index is 14.2. The molecule has 1 atom stereocenters. The molecule has 0 spiro atoms. The maximum atomic E-state index is 14.2. The molecule has 0 heterocycles. The van der Waals surface area contributed by atoms with E-state index in [0.717, 1.165) is 28.7 Å². The lowest BCUT2D eigenvalue weighted by Gasteiger charge is -2.26. The third-order valence-corrected chi connectivity index (χ3v) is 4.45. The minimum Gasteiger partial charge on any atom is -0.441 e. The number of aryl methyl sites for hydroxylation is 1. The fraction of sp³-hybridized carbons (Fsp3) is 0.316. The summed E-state index contributed by atoms with van der Waals surface area (Å²) in [6.45, 7) is 5.93. The smallest absolute Gasteiger partial charge is 0.405 e. The van der Waals surface area contributed by atoms with Gasteiger partial charge in [-0.05, 0) is 41.7 Å². The van der Waals surface area contributed by atoms with Crippen molar-refractivity contribution in [1.29, 1.82) is 0 Å². The Morgan fingerprint density at radius 1 is 1.26 bits per heavy atom. The standard InChI is InChI=1S/C19H20FNO2/c1-11-4-6-14(16(20)8-11)12-5-7-15-13(9-12)10-19(2,3)17(15)23-18(21)22/h4-9,17H,10H2,1-3H3,(H2,21,22). The van der Waals surface area contributed by atoms with E-state index in [4.69, 9.17) is 10.5 Å². The van der Waals surface area contributed by atoms with E-state index >= 15 is 0 Å². The zero-order valence-electron chi connectivity index (χ0n) is 13.5. The van der Waals surface area contributed by atoms with Crippen molar-refractivity contribution in [3.8, 4) is 11.1 Å². The summed E-state index contributed by atoms with van der Waals surface area (Å²) >= 11 is 0. The summed E-state index contributed by atoms with van der Waals surface area (Å²) in [5, 5.41) is 0. The second kappa shape index (κ2) is 5.37. The lowest BCUT2D eigenvalue weighted by Crippen LogP contribution is -2.25. The number of amides is 1. The molecule has 1 aliphatic carbocycles. The molecule has 4 heteroatoms. The van der Waals surface area contributed by atoms with Gasteiger partial charge in [0.1, 0.15) is 11.9 Å². The van der Waals surface area contributed by atoms with Gasteiger partial charge in [0.15, 0.2) is 0 Å². The lowest BCUT2D eigenvalue weighted by molar-refractivity contribution is 0.0392. The van der Waals surface area contributed by atoms with Gasteiger partial charge in [-0.3, -0.25) is 0 Å². The normalized spacial score (nSPS) is 18.5. The fourth-order valence-electron chi connectivity index (χ4n) is 3.38. The lowest BCUT2D eigenvalue weighted by atomic mass is 9.87. The van der Waals surface area contributed by atoms with Crippen LogP contribution in [-0.4, -0.2) is 6.09 Å². The van der Waals surface area contributed by atoms with Gasteiger partial charge in [-0.25, -0.2) is 9.18 Å². The molecule has 0 aliphatic heterocycles. The van der Waals surface area contributed by atoms with Crippen molar-refractivity contribution >= 4 is 6.09 Å². The highest BCUT2D eigenvalue weighted by molar-refractivity contribution is 5.68. The van der Waals surface area contributed by atoms with E-state index in [1.54, 1.807) is 6.07 Å². The van der Waals surface area contributed by atoms with Crippen LogP contribution >= 0.6 is 0 Å². The quantitative estimate of drug-likeness (QED) is 0.886. The molecule has 0 bridgehead atoms. The first-order chi connectivity index (χ1) is 10.8. The van der Waals surface area contributed by atoms with Crippen LogP contribution in [-0.2, 0) is 11.2 Å². The molecule has 0 saturated carbocycles. The van der Waals surface area contributed by atoms with Crippen molar-refractivity contribution in [3.05, 3.63) is 58.9 Å². The molecule has 0 radical (unpaired) electrons. The number of carbonyl (C=O) groups excluding carboxylic acids is 1.